The smallest absolute Gasteiger partial charge is 0.238 e. The molecule has 5 nitrogen and oxygen atoms in total. The van der Waals surface area contributed by atoms with Gasteiger partial charge in [0.05, 0.1) is 6.54 Å². The van der Waals surface area contributed by atoms with Crippen LogP contribution in [0, 0.1) is 0 Å². The zero-order valence-electron chi connectivity index (χ0n) is 14.9. The molecule has 0 bridgehead atoms. The summed E-state index contributed by atoms with van der Waals surface area (Å²) < 4.78 is 0. The van der Waals surface area contributed by atoms with Crippen LogP contribution in [0.4, 0.5) is 11.4 Å². The van der Waals surface area contributed by atoms with Crippen LogP contribution in [0.15, 0.2) is 35.7 Å². The van der Waals surface area contributed by atoms with Crippen molar-refractivity contribution in [2.75, 3.05) is 29.9 Å². The summed E-state index contributed by atoms with van der Waals surface area (Å²) in [5.41, 5.74) is 3.03. The molecule has 1 aromatic carbocycles. The highest BCUT2D eigenvalue weighted by molar-refractivity contribution is 7.10. The van der Waals surface area contributed by atoms with Crippen LogP contribution in [0.3, 0.4) is 0 Å². The van der Waals surface area contributed by atoms with E-state index in [0.717, 1.165) is 37.3 Å². The van der Waals surface area contributed by atoms with Gasteiger partial charge in [0, 0.05) is 41.8 Å². The van der Waals surface area contributed by atoms with Crippen LogP contribution < -0.4 is 10.2 Å². The SMILES string of the molecule is C[C@@H]1c2ccsc2CCN1CC(=O)Nc1ccc(N2CCCC2=O)cc1. The normalized spacial score (nSPS) is 20.3. The van der Waals surface area contributed by atoms with Crippen LogP contribution in [0.2, 0.25) is 0 Å². The van der Waals surface area contributed by atoms with E-state index in [1.807, 2.05) is 35.6 Å². The number of thiophene rings is 1. The molecule has 136 valence electrons. The summed E-state index contributed by atoms with van der Waals surface area (Å²) in [5.74, 6) is 0.175. The molecule has 2 amide bonds. The molecule has 2 aromatic rings. The molecule has 3 heterocycles. The predicted octanol–water partition coefficient (Wildman–Crippen LogP) is 3.43. The molecular weight excluding hydrogens is 346 g/mol. The number of nitrogens with one attached hydrogen (secondary N) is 1. The van der Waals surface area contributed by atoms with Crippen LogP contribution in [0.5, 0.6) is 0 Å². The highest BCUT2D eigenvalue weighted by Gasteiger charge is 2.26. The Bertz CT molecular complexity index is 815. The first-order chi connectivity index (χ1) is 12.6. The van der Waals surface area contributed by atoms with Gasteiger partial charge in [-0.05, 0) is 61.0 Å². The van der Waals surface area contributed by atoms with Crippen molar-refractivity contribution in [3.63, 3.8) is 0 Å². The minimum Gasteiger partial charge on any atom is -0.325 e. The third-order valence-electron chi connectivity index (χ3n) is 5.29. The Kier molecular flexibility index (Phi) is 4.78. The van der Waals surface area contributed by atoms with Gasteiger partial charge in [0.1, 0.15) is 0 Å². The lowest BCUT2D eigenvalue weighted by Crippen LogP contribution is -2.39. The van der Waals surface area contributed by atoms with Crippen molar-refractivity contribution >= 4 is 34.5 Å². The van der Waals surface area contributed by atoms with Crippen molar-refractivity contribution in [1.82, 2.24) is 4.90 Å². The maximum absolute atomic E-state index is 12.5. The number of hydrogen-bond donors (Lipinski definition) is 1. The van der Waals surface area contributed by atoms with Crippen LogP contribution in [0.25, 0.3) is 0 Å². The molecule has 2 aliphatic rings. The largest absolute Gasteiger partial charge is 0.325 e. The molecule has 0 saturated carbocycles. The van der Waals surface area contributed by atoms with Crippen molar-refractivity contribution in [1.29, 1.82) is 0 Å². The average molecular weight is 369 g/mol. The fraction of sp³-hybridized carbons (Fsp3) is 0.400. The molecule has 0 spiro atoms. The van der Waals surface area contributed by atoms with E-state index in [-0.39, 0.29) is 17.9 Å². The Morgan fingerprint density at radius 1 is 1.19 bits per heavy atom. The second-order valence-electron chi connectivity index (χ2n) is 6.94. The highest BCUT2D eigenvalue weighted by Crippen LogP contribution is 2.32. The number of anilines is 2. The van der Waals surface area contributed by atoms with Crippen LogP contribution >= 0.6 is 11.3 Å². The third-order valence-corrected chi connectivity index (χ3v) is 6.28. The van der Waals surface area contributed by atoms with E-state index in [0.29, 0.717) is 13.0 Å². The molecule has 26 heavy (non-hydrogen) atoms. The van der Waals surface area contributed by atoms with Crippen molar-refractivity contribution in [2.24, 2.45) is 0 Å². The predicted molar refractivity (Wildman–Crippen MR) is 105 cm³/mol. The summed E-state index contributed by atoms with van der Waals surface area (Å²) >= 11 is 1.81. The fourth-order valence-electron chi connectivity index (χ4n) is 3.81. The van der Waals surface area contributed by atoms with Gasteiger partial charge in [-0.3, -0.25) is 14.5 Å². The van der Waals surface area contributed by atoms with E-state index >= 15 is 0 Å². The lowest BCUT2D eigenvalue weighted by atomic mass is 10.0. The Balaban J connectivity index is 1.36. The van der Waals surface area contributed by atoms with Gasteiger partial charge in [0.2, 0.25) is 11.8 Å². The van der Waals surface area contributed by atoms with Gasteiger partial charge >= 0.3 is 0 Å². The molecule has 0 radical (unpaired) electrons. The zero-order valence-corrected chi connectivity index (χ0v) is 15.7. The lowest BCUT2D eigenvalue weighted by Gasteiger charge is -2.32. The van der Waals surface area contributed by atoms with E-state index in [4.69, 9.17) is 0 Å². The Morgan fingerprint density at radius 3 is 2.73 bits per heavy atom. The Labute approximate surface area is 157 Å². The second-order valence-corrected chi connectivity index (χ2v) is 7.94. The third kappa shape index (κ3) is 3.39. The minimum atomic E-state index is 0.000489. The molecule has 2 aliphatic heterocycles. The number of carbonyl (C=O) groups excluding carboxylic acids is 2. The molecule has 1 N–H and O–H groups in total. The molecule has 0 aliphatic carbocycles. The first-order valence-electron chi connectivity index (χ1n) is 9.12. The first-order valence-corrected chi connectivity index (χ1v) is 10.0. The average Bonchev–Trinajstić information content (AvgIpc) is 3.27. The van der Waals surface area contributed by atoms with Crippen molar-refractivity contribution in [2.45, 2.75) is 32.2 Å². The number of carbonyl (C=O) groups is 2. The molecule has 4 rings (SSSR count). The van der Waals surface area contributed by atoms with E-state index in [1.54, 1.807) is 4.90 Å². The zero-order chi connectivity index (χ0) is 18.1. The number of benzene rings is 1. The maximum Gasteiger partial charge on any atom is 0.238 e. The number of amides is 2. The highest BCUT2D eigenvalue weighted by atomic mass is 32.1. The Hall–Kier alpha value is -2.18. The van der Waals surface area contributed by atoms with Crippen molar-refractivity contribution < 1.29 is 9.59 Å². The summed E-state index contributed by atoms with van der Waals surface area (Å²) in [4.78, 5) is 29.7. The number of hydrogen-bond acceptors (Lipinski definition) is 4. The molecule has 0 unspecified atom stereocenters. The topological polar surface area (TPSA) is 52.7 Å². The second kappa shape index (κ2) is 7.21. The quantitative estimate of drug-likeness (QED) is 0.898. The summed E-state index contributed by atoms with van der Waals surface area (Å²) in [5, 5.41) is 5.11. The van der Waals surface area contributed by atoms with E-state index in [1.165, 1.54) is 10.4 Å². The molecule has 1 atom stereocenters. The molecule has 1 saturated heterocycles. The van der Waals surface area contributed by atoms with Gasteiger partial charge in [0.15, 0.2) is 0 Å². The number of rotatable bonds is 4. The van der Waals surface area contributed by atoms with Gasteiger partial charge in [0.25, 0.3) is 0 Å². The van der Waals surface area contributed by atoms with Crippen LogP contribution in [-0.2, 0) is 16.0 Å². The van der Waals surface area contributed by atoms with Crippen molar-refractivity contribution in [3.8, 4) is 0 Å². The standard InChI is InChI=1S/C20H23N3O2S/c1-14-17-9-12-26-18(17)8-11-22(14)13-19(24)21-15-4-6-16(7-5-15)23-10-2-3-20(23)25/h4-7,9,12,14H,2-3,8,10-11,13H2,1H3,(H,21,24)/t14-/m1/s1. The minimum absolute atomic E-state index is 0.000489. The van der Waals surface area contributed by atoms with Gasteiger partial charge in [-0.25, -0.2) is 0 Å². The molecule has 1 fully saturated rings. The molecule has 1 aromatic heterocycles. The van der Waals surface area contributed by atoms with Gasteiger partial charge in [-0.15, -0.1) is 11.3 Å². The molecular formula is C20H23N3O2S. The fourth-order valence-corrected chi connectivity index (χ4v) is 4.77. The van der Waals surface area contributed by atoms with Gasteiger partial charge in [-0.2, -0.15) is 0 Å². The summed E-state index contributed by atoms with van der Waals surface area (Å²) in [7, 11) is 0. The van der Waals surface area contributed by atoms with E-state index in [9.17, 15) is 9.59 Å². The van der Waals surface area contributed by atoms with Crippen molar-refractivity contribution in [3.05, 3.63) is 46.2 Å². The van der Waals surface area contributed by atoms with Crippen LogP contribution in [-0.4, -0.2) is 36.3 Å². The summed E-state index contributed by atoms with van der Waals surface area (Å²) in [6, 6.07) is 10.00. The van der Waals surface area contributed by atoms with Crippen LogP contribution in [0.1, 0.15) is 36.2 Å². The number of nitrogens with zero attached hydrogens (tertiary/aromatic N) is 2. The lowest BCUT2D eigenvalue weighted by molar-refractivity contribution is -0.118. The summed E-state index contributed by atoms with van der Waals surface area (Å²) in [6.45, 7) is 4.25. The first kappa shape index (κ1) is 17.2. The van der Waals surface area contributed by atoms with E-state index < -0.39 is 0 Å². The van der Waals surface area contributed by atoms with Gasteiger partial charge in [-0.1, -0.05) is 0 Å². The molecule has 6 heteroatoms. The maximum atomic E-state index is 12.5. The van der Waals surface area contributed by atoms with E-state index in [2.05, 4.69) is 28.6 Å². The van der Waals surface area contributed by atoms with Gasteiger partial charge < -0.3 is 10.2 Å². The summed E-state index contributed by atoms with van der Waals surface area (Å²) in [6.07, 6.45) is 2.55. The Morgan fingerprint density at radius 2 is 2.00 bits per heavy atom. The number of fused-ring (bicyclic) bond motifs is 1. The monoisotopic (exact) mass is 369 g/mol.